The molecule has 1 aliphatic heterocycles. The highest BCUT2D eigenvalue weighted by atomic mass is 35.5. The Labute approximate surface area is 197 Å². The van der Waals surface area contributed by atoms with E-state index < -0.39 is 0 Å². The van der Waals surface area contributed by atoms with Gasteiger partial charge in [0.25, 0.3) is 0 Å². The highest BCUT2D eigenvalue weighted by Crippen LogP contribution is 2.36. The molecule has 1 aromatic heterocycles. The van der Waals surface area contributed by atoms with Crippen LogP contribution < -0.4 is 4.74 Å². The Morgan fingerprint density at radius 2 is 1.73 bits per heavy atom. The van der Waals surface area contributed by atoms with Crippen molar-refractivity contribution >= 4 is 22.9 Å². The fourth-order valence-electron chi connectivity index (χ4n) is 3.98. The molecule has 0 unspecified atom stereocenters. The van der Waals surface area contributed by atoms with E-state index in [1.165, 1.54) is 0 Å². The number of rotatable bonds is 6. The third kappa shape index (κ3) is 4.28. The molecule has 0 radical (unpaired) electrons. The van der Waals surface area contributed by atoms with Gasteiger partial charge in [-0.1, -0.05) is 66.2 Å². The minimum atomic E-state index is 0.134. The summed E-state index contributed by atoms with van der Waals surface area (Å²) in [6.07, 6.45) is 2.40. The summed E-state index contributed by atoms with van der Waals surface area (Å²) in [7, 11) is 1.65. The number of hydrogen-bond donors (Lipinski definition) is 1. The van der Waals surface area contributed by atoms with E-state index in [1.807, 2.05) is 89.7 Å². The standard InChI is InChI=1S/C27H22ClN3O2/c1-33-23-12-10-18(11-13-23)17-31-26(19-6-3-2-4-7-19)27(32)25(30-31)24-15-21(16-29-24)20-8-5-9-22(28)14-20/h2-14,16,32H,15,17H2,1H3. The first-order valence-corrected chi connectivity index (χ1v) is 11.0. The Morgan fingerprint density at radius 3 is 2.45 bits per heavy atom. The molecule has 2 heterocycles. The molecular weight excluding hydrogens is 434 g/mol. The summed E-state index contributed by atoms with van der Waals surface area (Å²) in [6.45, 7) is 0.504. The van der Waals surface area contributed by atoms with Crippen LogP contribution in [-0.2, 0) is 6.54 Å². The molecule has 0 aliphatic carbocycles. The molecule has 1 N–H and O–H groups in total. The first kappa shape index (κ1) is 21.0. The number of ether oxygens (including phenoxy) is 1. The van der Waals surface area contributed by atoms with E-state index in [9.17, 15) is 5.11 Å². The van der Waals surface area contributed by atoms with Crippen molar-refractivity contribution < 1.29 is 9.84 Å². The quantitative estimate of drug-likeness (QED) is 0.376. The van der Waals surface area contributed by atoms with Gasteiger partial charge in [0.05, 0.1) is 19.4 Å². The van der Waals surface area contributed by atoms with Crippen LogP contribution in [0.2, 0.25) is 5.02 Å². The Balaban J connectivity index is 1.50. The molecule has 1 aliphatic rings. The van der Waals surface area contributed by atoms with E-state index in [0.717, 1.165) is 33.7 Å². The van der Waals surface area contributed by atoms with Gasteiger partial charge in [0.15, 0.2) is 5.75 Å². The van der Waals surface area contributed by atoms with E-state index in [1.54, 1.807) is 7.11 Å². The molecule has 0 spiro atoms. The molecule has 4 aromatic rings. The van der Waals surface area contributed by atoms with Gasteiger partial charge in [0.2, 0.25) is 0 Å². The number of hydrogen-bond acceptors (Lipinski definition) is 4. The normalized spacial score (nSPS) is 13.0. The molecule has 5 rings (SSSR count). The fraction of sp³-hybridized carbons (Fsp3) is 0.111. The van der Waals surface area contributed by atoms with E-state index in [4.69, 9.17) is 21.4 Å². The minimum Gasteiger partial charge on any atom is -0.504 e. The van der Waals surface area contributed by atoms with Gasteiger partial charge in [0, 0.05) is 23.2 Å². The Morgan fingerprint density at radius 1 is 0.970 bits per heavy atom. The monoisotopic (exact) mass is 455 g/mol. The maximum absolute atomic E-state index is 11.3. The highest BCUT2D eigenvalue weighted by Gasteiger charge is 2.25. The molecule has 0 atom stereocenters. The van der Waals surface area contributed by atoms with Crippen molar-refractivity contribution in [2.45, 2.75) is 13.0 Å². The van der Waals surface area contributed by atoms with Crippen molar-refractivity contribution in [1.82, 2.24) is 9.78 Å². The predicted octanol–water partition coefficient (Wildman–Crippen LogP) is 6.20. The number of methoxy groups -OCH3 is 1. The number of aromatic hydroxyl groups is 1. The van der Waals surface area contributed by atoms with Crippen molar-refractivity contribution in [2.75, 3.05) is 7.11 Å². The molecular formula is C27H22ClN3O2. The van der Waals surface area contributed by atoms with E-state index in [2.05, 4.69) is 4.99 Å². The van der Waals surface area contributed by atoms with Gasteiger partial charge in [-0.25, -0.2) is 0 Å². The van der Waals surface area contributed by atoms with Crippen molar-refractivity contribution in [3.05, 3.63) is 107 Å². The summed E-state index contributed by atoms with van der Waals surface area (Å²) in [4.78, 5) is 4.59. The van der Waals surface area contributed by atoms with Crippen molar-refractivity contribution in [3.63, 3.8) is 0 Å². The fourth-order valence-corrected chi connectivity index (χ4v) is 4.17. The second-order valence-electron chi connectivity index (χ2n) is 7.83. The van der Waals surface area contributed by atoms with Crippen LogP contribution in [0.4, 0.5) is 0 Å². The van der Waals surface area contributed by atoms with Crippen LogP contribution in [0.15, 0.2) is 90.1 Å². The first-order chi connectivity index (χ1) is 16.1. The zero-order chi connectivity index (χ0) is 22.8. The van der Waals surface area contributed by atoms with E-state index in [0.29, 0.717) is 29.4 Å². The van der Waals surface area contributed by atoms with Crippen LogP contribution in [0, 0.1) is 0 Å². The third-order valence-electron chi connectivity index (χ3n) is 5.67. The molecule has 3 aromatic carbocycles. The van der Waals surface area contributed by atoms with Gasteiger partial charge in [-0.05, 0) is 41.0 Å². The maximum Gasteiger partial charge on any atom is 0.171 e. The summed E-state index contributed by atoms with van der Waals surface area (Å²) in [5.41, 5.74) is 5.89. The molecule has 6 heteroatoms. The molecule has 0 saturated heterocycles. The van der Waals surface area contributed by atoms with Crippen LogP contribution >= 0.6 is 11.6 Å². The molecule has 0 fully saturated rings. The number of aromatic nitrogens is 2. The lowest BCUT2D eigenvalue weighted by molar-refractivity contribution is 0.414. The number of aliphatic imine (C=N–C) groups is 1. The average Bonchev–Trinajstić information content (AvgIpc) is 3.45. The average molecular weight is 456 g/mol. The second kappa shape index (κ2) is 8.96. The molecule has 0 saturated carbocycles. The summed E-state index contributed by atoms with van der Waals surface area (Å²) in [6, 6.07) is 25.3. The molecule has 5 nitrogen and oxygen atoms in total. The lowest BCUT2D eigenvalue weighted by Crippen LogP contribution is -2.06. The van der Waals surface area contributed by atoms with E-state index in [-0.39, 0.29) is 5.75 Å². The number of nitrogens with zero attached hydrogens (tertiary/aromatic N) is 3. The minimum absolute atomic E-state index is 0.134. The maximum atomic E-state index is 11.3. The molecule has 164 valence electrons. The van der Waals surface area contributed by atoms with Crippen LogP contribution in [0.1, 0.15) is 23.2 Å². The van der Waals surface area contributed by atoms with Crippen molar-refractivity contribution in [1.29, 1.82) is 0 Å². The summed E-state index contributed by atoms with van der Waals surface area (Å²) < 4.78 is 7.10. The van der Waals surface area contributed by atoms with Crippen LogP contribution in [-0.4, -0.2) is 27.7 Å². The van der Waals surface area contributed by atoms with Gasteiger partial charge in [-0.15, -0.1) is 0 Å². The topological polar surface area (TPSA) is 59.6 Å². The Bertz CT molecular complexity index is 1360. The summed E-state index contributed by atoms with van der Waals surface area (Å²) >= 11 is 6.16. The first-order valence-electron chi connectivity index (χ1n) is 10.6. The summed E-state index contributed by atoms with van der Waals surface area (Å²) in [5.74, 6) is 0.931. The van der Waals surface area contributed by atoms with Gasteiger partial charge in [-0.3, -0.25) is 9.67 Å². The molecule has 0 amide bonds. The number of benzene rings is 3. The Kier molecular flexibility index (Phi) is 5.71. The zero-order valence-corrected chi connectivity index (χ0v) is 18.8. The van der Waals surface area contributed by atoms with Crippen LogP contribution in [0.3, 0.4) is 0 Å². The molecule has 33 heavy (non-hydrogen) atoms. The van der Waals surface area contributed by atoms with Gasteiger partial charge < -0.3 is 9.84 Å². The van der Waals surface area contributed by atoms with Crippen molar-refractivity contribution in [2.24, 2.45) is 4.99 Å². The van der Waals surface area contributed by atoms with Crippen LogP contribution in [0.25, 0.3) is 16.8 Å². The number of allylic oxidation sites excluding steroid dienone is 1. The summed E-state index contributed by atoms with van der Waals surface area (Å²) in [5, 5.41) is 16.7. The van der Waals surface area contributed by atoms with Crippen LogP contribution in [0.5, 0.6) is 11.5 Å². The largest absolute Gasteiger partial charge is 0.504 e. The number of halogens is 1. The molecule has 0 bridgehead atoms. The van der Waals surface area contributed by atoms with Crippen molar-refractivity contribution in [3.8, 4) is 22.8 Å². The lowest BCUT2D eigenvalue weighted by atomic mass is 10.0. The predicted molar refractivity (Wildman–Crippen MR) is 132 cm³/mol. The zero-order valence-electron chi connectivity index (χ0n) is 18.1. The lowest BCUT2D eigenvalue weighted by Gasteiger charge is -2.09. The smallest absolute Gasteiger partial charge is 0.171 e. The van der Waals surface area contributed by atoms with E-state index >= 15 is 0 Å². The second-order valence-corrected chi connectivity index (χ2v) is 8.27. The van der Waals surface area contributed by atoms with Gasteiger partial charge in [0.1, 0.15) is 17.1 Å². The van der Waals surface area contributed by atoms with Gasteiger partial charge in [-0.2, -0.15) is 5.10 Å². The highest BCUT2D eigenvalue weighted by molar-refractivity contribution is 6.30. The van der Waals surface area contributed by atoms with Gasteiger partial charge >= 0.3 is 0 Å². The Hall–Kier alpha value is -3.83. The third-order valence-corrected chi connectivity index (χ3v) is 5.90. The SMILES string of the molecule is COc1ccc(Cn2nc(C3=NC=C(c4cccc(Cl)c4)C3)c(O)c2-c2ccccc2)cc1.